The SMILES string of the molecule is CC(C)(N)C(=O)N1CCCC(N2CCN(c3ccccc3F)CC2)C1. The number of carbonyl (C=O) groups is 1. The van der Waals surface area contributed by atoms with Crippen molar-refractivity contribution in [1.29, 1.82) is 0 Å². The summed E-state index contributed by atoms with van der Waals surface area (Å²) in [5.41, 5.74) is 5.86. The molecule has 0 spiro atoms. The predicted octanol–water partition coefficient (Wildman–Crippen LogP) is 1.68. The quantitative estimate of drug-likeness (QED) is 0.903. The van der Waals surface area contributed by atoms with E-state index in [0.29, 0.717) is 11.7 Å². The van der Waals surface area contributed by atoms with E-state index in [1.807, 2.05) is 17.0 Å². The van der Waals surface area contributed by atoms with Crippen molar-refractivity contribution in [2.45, 2.75) is 38.3 Å². The van der Waals surface area contributed by atoms with Gasteiger partial charge in [-0.1, -0.05) is 12.1 Å². The lowest BCUT2D eigenvalue weighted by molar-refractivity contribution is -0.138. The minimum atomic E-state index is -0.814. The highest BCUT2D eigenvalue weighted by Crippen LogP contribution is 2.23. The number of carbonyl (C=O) groups excluding carboxylic acids is 1. The van der Waals surface area contributed by atoms with Crippen LogP contribution in [-0.2, 0) is 4.79 Å². The fraction of sp³-hybridized carbons (Fsp3) is 0.632. The van der Waals surface area contributed by atoms with E-state index in [1.54, 1.807) is 19.9 Å². The van der Waals surface area contributed by atoms with Crippen molar-refractivity contribution in [2.24, 2.45) is 5.73 Å². The van der Waals surface area contributed by atoms with Crippen molar-refractivity contribution in [3.8, 4) is 0 Å². The van der Waals surface area contributed by atoms with Gasteiger partial charge in [0.1, 0.15) is 5.82 Å². The molecule has 0 bridgehead atoms. The second-order valence-corrected chi connectivity index (χ2v) is 7.74. The van der Waals surface area contributed by atoms with Crippen molar-refractivity contribution in [3.05, 3.63) is 30.1 Å². The molecule has 1 unspecified atom stereocenters. The maximum absolute atomic E-state index is 14.0. The van der Waals surface area contributed by atoms with E-state index in [-0.39, 0.29) is 11.7 Å². The zero-order chi connectivity index (χ0) is 18.0. The van der Waals surface area contributed by atoms with E-state index in [1.165, 1.54) is 6.07 Å². The Kier molecular flexibility index (Phi) is 5.29. The summed E-state index contributed by atoms with van der Waals surface area (Å²) in [6, 6.07) is 7.34. The number of rotatable bonds is 3. The smallest absolute Gasteiger partial charge is 0.242 e. The molecule has 1 amide bonds. The number of anilines is 1. The van der Waals surface area contributed by atoms with Gasteiger partial charge in [-0.05, 0) is 38.8 Å². The third kappa shape index (κ3) is 4.12. The lowest BCUT2D eigenvalue weighted by Gasteiger charge is -2.44. The molecule has 1 aromatic carbocycles. The van der Waals surface area contributed by atoms with Gasteiger partial charge in [-0.25, -0.2) is 4.39 Å². The first kappa shape index (κ1) is 18.1. The van der Waals surface area contributed by atoms with Gasteiger partial charge in [-0.2, -0.15) is 0 Å². The Labute approximate surface area is 149 Å². The van der Waals surface area contributed by atoms with Gasteiger partial charge in [0.2, 0.25) is 5.91 Å². The molecule has 2 fully saturated rings. The lowest BCUT2D eigenvalue weighted by atomic mass is 9.99. The highest BCUT2D eigenvalue weighted by molar-refractivity contribution is 5.85. The third-order valence-corrected chi connectivity index (χ3v) is 5.26. The van der Waals surface area contributed by atoms with Gasteiger partial charge in [0.05, 0.1) is 11.2 Å². The van der Waals surface area contributed by atoms with Crippen LogP contribution in [0.2, 0.25) is 0 Å². The average molecular weight is 348 g/mol. The standard InChI is InChI=1S/C19H29FN4O/c1-19(2,21)18(25)24-9-5-6-15(14-24)22-10-12-23(13-11-22)17-8-4-3-7-16(17)20/h3-4,7-8,15H,5-6,9-14,21H2,1-2H3. The first-order chi connectivity index (χ1) is 11.9. The number of hydrogen-bond donors (Lipinski definition) is 1. The molecule has 3 rings (SSSR count). The van der Waals surface area contributed by atoms with Crippen LogP contribution in [0.15, 0.2) is 24.3 Å². The molecule has 2 saturated heterocycles. The van der Waals surface area contributed by atoms with Crippen LogP contribution in [-0.4, -0.2) is 66.6 Å². The topological polar surface area (TPSA) is 52.8 Å². The zero-order valence-electron chi connectivity index (χ0n) is 15.2. The number of piperidine rings is 1. The molecule has 25 heavy (non-hydrogen) atoms. The number of para-hydroxylation sites is 1. The molecule has 1 aromatic rings. The first-order valence-electron chi connectivity index (χ1n) is 9.18. The maximum atomic E-state index is 14.0. The fourth-order valence-corrected chi connectivity index (χ4v) is 3.88. The van der Waals surface area contributed by atoms with Crippen LogP contribution in [0.4, 0.5) is 10.1 Å². The van der Waals surface area contributed by atoms with Crippen molar-refractivity contribution < 1.29 is 9.18 Å². The third-order valence-electron chi connectivity index (χ3n) is 5.26. The van der Waals surface area contributed by atoms with Crippen LogP contribution in [0, 0.1) is 5.82 Å². The second kappa shape index (κ2) is 7.30. The van der Waals surface area contributed by atoms with Gasteiger partial charge >= 0.3 is 0 Å². The summed E-state index contributed by atoms with van der Waals surface area (Å²) in [6.07, 6.45) is 2.12. The van der Waals surface area contributed by atoms with Gasteiger partial charge in [-0.3, -0.25) is 9.69 Å². The van der Waals surface area contributed by atoms with Crippen LogP contribution in [0.25, 0.3) is 0 Å². The second-order valence-electron chi connectivity index (χ2n) is 7.74. The Morgan fingerprint density at radius 1 is 1.16 bits per heavy atom. The molecular weight excluding hydrogens is 319 g/mol. The van der Waals surface area contributed by atoms with Gasteiger partial charge in [0, 0.05) is 45.3 Å². The number of benzene rings is 1. The molecule has 1 atom stereocenters. The summed E-state index contributed by atoms with van der Waals surface area (Å²) >= 11 is 0. The largest absolute Gasteiger partial charge is 0.367 e. The van der Waals surface area contributed by atoms with Crippen LogP contribution in [0.1, 0.15) is 26.7 Å². The number of nitrogens with zero attached hydrogens (tertiary/aromatic N) is 3. The molecule has 2 aliphatic rings. The molecule has 0 saturated carbocycles. The summed E-state index contributed by atoms with van der Waals surface area (Å²) in [6.45, 7) is 8.50. The van der Waals surface area contributed by atoms with E-state index >= 15 is 0 Å². The van der Waals surface area contributed by atoms with Crippen LogP contribution in [0.3, 0.4) is 0 Å². The van der Waals surface area contributed by atoms with E-state index in [0.717, 1.165) is 52.1 Å². The molecule has 2 N–H and O–H groups in total. The van der Waals surface area contributed by atoms with Gasteiger partial charge < -0.3 is 15.5 Å². The predicted molar refractivity (Wildman–Crippen MR) is 98.1 cm³/mol. The summed E-state index contributed by atoms with van der Waals surface area (Å²) in [5.74, 6) is -0.127. The minimum absolute atomic E-state index is 0.0298. The molecule has 0 aliphatic carbocycles. The molecular formula is C19H29FN4O. The number of piperazine rings is 1. The Morgan fingerprint density at radius 3 is 2.48 bits per heavy atom. The monoisotopic (exact) mass is 348 g/mol. The molecule has 5 nitrogen and oxygen atoms in total. The van der Waals surface area contributed by atoms with Gasteiger partial charge in [-0.15, -0.1) is 0 Å². The highest BCUT2D eigenvalue weighted by Gasteiger charge is 2.34. The highest BCUT2D eigenvalue weighted by atomic mass is 19.1. The molecule has 2 aliphatic heterocycles. The number of nitrogens with two attached hydrogens (primary N) is 1. The zero-order valence-corrected chi connectivity index (χ0v) is 15.2. The average Bonchev–Trinajstić information content (AvgIpc) is 2.61. The summed E-state index contributed by atoms with van der Waals surface area (Å²) < 4.78 is 14.0. The van der Waals surface area contributed by atoms with Crippen LogP contribution in [0.5, 0.6) is 0 Å². The Balaban J connectivity index is 1.58. The van der Waals surface area contributed by atoms with Gasteiger partial charge in [0.25, 0.3) is 0 Å². The van der Waals surface area contributed by atoms with Crippen LogP contribution >= 0.6 is 0 Å². The molecule has 0 radical (unpaired) electrons. The van der Waals surface area contributed by atoms with E-state index in [4.69, 9.17) is 5.73 Å². The van der Waals surface area contributed by atoms with Crippen molar-refractivity contribution in [2.75, 3.05) is 44.2 Å². The molecule has 6 heteroatoms. The minimum Gasteiger partial charge on any atom is -0.367 e. The Bertz CT molecular complexity index is 608. The Morgan fingerprint density at radius 2 is 1.84 bits per heavy atom. The molecule has 138 valence electrons. The number of amides is 1. The lowest BCUT2D eigenvalue weighted by Crippen LogP contribution is -2.59. The normalized spacial score (nSPS) is 23.0. The number of likely N-dealkylation sites (tertiary alicyclic amines) is 1. The first-order valence-corrected chi connectivity index (χ1v) is 9.18. The van der Waals surface area contributed by atoms with E-state index < -0.39 is 5.54 Å². The van der Waals surface area contributed by atoms with E-state index in [9.17, 15) is 9.18 Å². The Hall–Kier alpha value is -1.66. The van der Waals surface area contributed by atoms with Crippen molar-refractivity contribution in [1.82, 2.24) is 9.80 Å². The van der Waals surface area contributed by atoms with Gasteiger partial charge in [0.15, 0.2) is 0 Å². The number of halogens is 1. The number of hydrogen-bond acceptors (Lipinski definition) is 4. The van der Waals surface area contributed by atoms with Crippen LogP contribution < -0.4 is 10.6 Å². The summed E-state index contributed by atoms with van der Waals surface area (Å²) in [7, 11) is 0. The summed E-state index contributed by atoms with van der Waals surface area (Å²) in [4.78, 5) is 18.9. The molecule has 0 aromatic heterocycles. The summed E-state index contributed by atoms with van der Waals surface area (Å²) in [5, 5.41) is 0. The van der Waals surface area contributed by atoms with E-state index in [2.05, 4.69) is 9.80 Å². The van der Waals surface area contributed by atoms with Crippen molar-refractivity contribution in [3.63, 3.8) is 0 Å². The maximum Gasteiger partial charge on any atom is 0.242 e. The molecule has 2 heterocycles. The fourth-order valence-electron chi connectivity index (χ4n) is 3.88. The van der Waals surface area contributed by atoms with Crippen molar-refractivity contribution >= 4 is 11.6 Å².